The van der Waals surface area contributed by atoms with Gasteiger partial charge in [-0.15, -0.1) is 0 Å². The monoisotopic (exact) mass is 348 g/mol. The lowest BCUT2D eigenvalue weighted by molar-refractivity contribution is -0.196. The Morgan fingerprint density at radius 2 is 2.04 bits per heavy atom. The summed E-state index contributed by atoms with van der Waals surface area (Å²) in [5.74, 6) is 1.87. The second-order valence-corrected chi connectivity index (χ2v) is 9.04. The Morgan fingerprint density at radius 1 is 1.20 bits per heavy atom. The van der Waals surface area contributed by atoms with Gasteiger partial charge >= 0.3 is 6.16 Å². The molecule has 4 nitrogen and oxygen atoms in total. The summed E-state index contributed by atoms with van der Waals surface area (Å²) < 4.78 is 9.86. The summed E-state index contributed by atoms with van der Waals surface area (Å²) in [6.45, 7) is 2.50. The van der Waals surface area contributed by atoms with Gasteiger partial charge in [0.15, 0.2) is 0 Å². The number of aliphatic hydroxyl groups excluding tert-OH is 1. The van der Waals surface area contributed by atoms with Crippen molar-refractivity contribution in [2.45, 2.75) is 77.4 Å². The van der Waals surface area contributed by atoms with Crippen LogP contribution in [0.2, 0.25) is 0 Å². The Bertz CT molecular complexity index is 570. The van der Waals surface area contributed by atoms with E-state index < -0.39 is 12.4 Å². The molecule has 0 spiro atoms. The van der Waals surface area contributed by atoms with Crippen molar-refractivity contribution < 1.29 is 19.4 Å². The highest BCUT2D eigenvalue weighted by molar-refractivity contribution is 5.59. The van der Waals surface area contributed by atoms with Gasteiger partial charge in [-0.25, -0.2) is 4.79 Å². The normalized spacial score (nSPS) is 44.0. The molecule has 1 N–H and O–H groups in total. The van der Waals surface area contributed by atoms with Crippen LogP contribution in [-0.4, -0.2) is 24.7 Å². The number of aliphatic hydroxyl groups is 1. The van der Waals surface area contributed by atoms with Crippen LogP contribution in [0.15, 0.2) is 11.6 Å². The minimum absolute atomic E-state index is 0.248. The van der Waals surface area contributed by atoms with Gasteiger partial charge in [-0.2, -0.15) is 0 Å². The summed E-state index contributed by atoms with van der Waals surface area (Å²) in [6, 6.07) is 0. The molecule has 4 aliphatic carbocycles. The van der Waals surface area contributed by atoms with Crippen molar-refractivity contribution in [2.75, 3.05) is 7.11 Å². The van der Waals surface area contributed by atoms with E-state index in [1.165, 1.54) is 39.2 Å². The van der Waals surface area contributed by atoms with Crippen LogP contribution in [0.1, 0.15) is 71.1 Å². The van der Waals surface area contributed by atoms with E-state index >= 15 is 0 Å². The van der Waals surface area contributed by atoms with Crippen LogP contribution in [0.4, 0.5) is 4.79 Å². The van der Waals surface area contributed by atoms with Crippen molar-refractivity contribution in [3.8, 4) is 0 Å². The average Bonchev–Trinajstić information content (AvgIpc) is 3.06. The third kappa shape index (κ3) is 2.55. The smallest absolute Gasteiger partial charge is 0.438 e. The molecule has 0 bridgehead atoms. The van der Waals surface area contributed by atoms with Crippen LogP contribution in [0.5, 0.6) is 0 Å². The van der Waals surface area contributed by atoms with Crippen molar-refractivity contribution in [3.05, 3.63) is 11.6 Å². The van der Waals surface area contributed by atoms with Gasteiger partial charge in [0.05, 0.1) is 7.11 Å². The molecular formula is C21H32O4. The van der Waals surface area contributed by atoms with Crippen LogP contribution in [0, 0.1) is 28.6 Å². The molecule has 4 rings (SSSR count). The van der Waals surface area contributed by atoms with Gasteiger partial charge in [-0.3, -0.25) is 0 Å². The number of rotatable bonds is 2. The van der Waals surface area contributed by atoms with Gasteiger partial charge in [0.2, 0.25) is 6.29 Å². The first-order chi connectivity index (χ1) is 12.0. The molecule has 0 saturated heterocycles. The minimum Gasteiger partial charge on any atom is -0.438 e. The Kier molecular flexibility index (Phi) is 4.38. The van der Waals surface area contributed by atoms with Crippen molar-refractivity contribution in [2.24, 2.45) is 28.6 Å². The van der Waals surface area contributed by atoms with Crippen LogP contribution >= 0.6 is 0 Å². The van der Waals surface area contributed by atoms with Gasteiger partial charge in [0.25, 0.3) is 0 Å². The van der Waals surface area contributed by atoms with Crippen LogP contribution in [-0.2, 0) is 9.47 Å². The number of hydrogen-bond acceptors (Lipinski definition) is 4. The number of allylic oxidation sites excluding steroid dienone is 2. The molecule has 4 aliphatic rings. The molecule has 0 heterocycles. The predicted molar refractivity (Wildman–Crippen MR) is 94.8 cm³/mol. The highest BCUT2D eigenvalue weighted by Gasteiger charge is 2.60. The zero-order valence-corrected chi connectivity index (χ0v) is 15.6. The molecule has 4 heteroatoms. The molecule has 0 aliphatic heterocycles. The van der Waals surface area contributed by atoms with E-state index in [2.05, 4.69) is 17.7 Å². The van der Waals surface area contributed by atoms with Crippen molar-refractivity contribution in [3.63, 3.8) is 0 Å². The van der Waals surface area contributed by atoms with E-state index in [-0.39, 0.29) is 5.41 Å². The highest BCUT2D eigenvalue weighted by atomic mass is 16.8. The van der Waals surface area contributed by atoms with Gasteiger partial charge in [0, 0.05) is 5.41 Å². The zero-order chi connectivity index (χ0) is 17.7. The first-order valence-electron chi connectivity index (χ1n) is 10.1. The summed E-state index contributed by atoms with van der Waals surface area (Å²) in [6.07, 6.45) is 12.5. The zero-order valence-electron chi connectivity index (χ0n) is 15.6. The molecule has 1 unspecified atom stereocenters. The fraction of sp³-hybridized carbons (Fsp3) is 0.857. The number of methoxy groups -OCH3 is 1. The van der Waals surface area contributed by atoms with Gasteiger partial charge in [-0.1, -0.05) is 25.0 Å². The summed E-state index contributed by atoms with van der Waals surface area (Å²) in [7, 11) is 1.30. The summed E-state index contributed by atoms with van der Waals surface area (Å²) >= 11 is 0. The lowest BCUT2D eigenvalue weighted by Gasteiger charge is -2.58. The van der Waals surface area contributed by atoms with Crippen molar-refractivity contribution in [1.82, 2.24) is 0 Å². The standard InChI is InChI=1S/C21H32O4/c1-20-11-4-3-6-14(20)8-9-15-16(20)10-13-21(12-5-7-17(15)21)18(22)25-19(23)24-2/h6,15-18,22H,3-5,7-13H2,1-2H3/t15-,16+,17+,18?,20+,21-/m1/s1. The Morgan fingerprint density at radius 3 is 2.84 bits per heavy atom. The first-order valence-corrected chi connectivity index (χ1v) is 10.1. The van der Waals surface area contributed by atoms with Crippen molar-refractivity contribution >= 4 is 6.16 Å². The fourth-order valence-corrected chi connectivity index (χ4v) is 7.15. The van der Waals surface area contributed by atoms with Gasteiger partial charge < -0.3 is 14.6 Å². The maximum Gasteiger partial charge on any atom is 0.510 e. The number of hydrogen-bond donors (Lipinski definition) is 1. The van der Waals surface area contributed by atoms with E-state index in [0.29, 0.717) is 17.3 Å². The first kappa shape index (κ1) is 17.4. The van der Waals surface area contributed by atoms with Crippen LogP contribution in [0.3, 0.4) is 0 Å². The molecule has 0 aromatic heterocycles. The van der Waals surface area contributed by atoms with Crippen molar-refractivity contribution in [1.29, 1.82) is 0 Å². The number of carbonyl (C=O) groups excluding carboxylic acids is 1. The largest absolute Gasteiger partial charge is 0.510 e. The molecule has 0 radical (unpaired) electrons. The lowest BCUT2D eigenvalue weighted by atomic mass is 9.47. The van der Waals surface area contributed by atoms with E-state index in [1.54, 1.807) is 5.57 Å². The van der Waals surface area contributed by atoms with Gasteiger partial charge in [0.1, 0.15) is 0 Å². The SMILES string of the molecule is COC(=O)OC(O)[C@@]12CCC[C@H]1[C@@H]1CCC3=CCCC[C@]3(C)[C@H]1CC2. The van der Waals surface area contributed by atoms with Gasteiger partial charge in [-0.05, 0) is 81.0 Å². The quantitative estimate of drug-likeness (QED) is 0.442. The molecule has 25 heavy (non-hydrogen) atoms. The third-order valence-corrected chi connectivity index (χ3v) is 8.31. The van der Waals surface area contributed by atoms with E-state index in [9.17, 15) is 9.90 Å². The Balaban J connectivity index is 1.60. The summed E-state index contributed by atoms with van der Waals surface area (Å²) in [5.41, 5.74) is 1.82. The van der Waals surface area contributed by atoms with E-state index in [1.807, 2.05) is 0 Å². The molecule has 0 aromatic rings. The Hall–Kier alpha value is -1.03. The molecule has 0 amide bonds. The average molecular weight is 348 g/mol. The van der Waals surface area contributed by atoms with E-state index in [4.69, 9.17) is 4.74 Å². The molecule has 140 valence electrons. The second kappa shape index (κ2) is 6.29. The topological polar surface area (TPSA) is 55.8 Å². The van der Waals surface area contributed by atoms with Crippen LogP contribution < -0.4 is 0 Å². The summed E-state index contributed by atoms with van der Waals surface area (Å²) in [5, 5.41) is 10.8. The fourth-order valence-electron chi connectivity index (χ4n) is 7.15. The highest BCUT2D eigenvalue weighted by Crippen LogP contribution is 2.66. The predicted octanol–water partition coefficient (Wildman–Crippen LogP) is 4.81. The second-order valence-electron chi connectivity index (χ2n) is 9.04. The molecular weight excluding hydrogens is 316 g/mol. The minimum atomic E-state index is -1.02. The lowest BCUT2D eigenvalue weighted by Crippen LogP contribution is -2.53. The summed E-state index contributed by atoms with van der Waals surface area (Å²) in [4.78, 5) is 11.6. The maximum atomic E-state index is 11.6. The third-order valence-electron chi connectivity index (χ3n) is 8.31. The molecule has 6 atom stereocenters. The Labute approximate surface area is 151 Å². The maximum absolute atomic E-state index is 11.6. The number of fused-ring (bicyclic) bond motifs is 5. The number of ether oxygens (including phenoxy) is 2. The molecule has 0 aromatic carbocycles. The number of carbonyl (C=O) groups is 1. The molecule has 3 saturated carbocycles. The molecule has 3 fully saturated rings. The van der Waals surface area contributed by atoms with Crippen LogP contribution in [0.25, 0.3) is 0 Å². The van der Waals surface area contributed by atoms with E-state index in [0.717, 1.165) is 38.0 Å².